The molecule has 1 aliphatic heterocycles. The number of nitrogens with zero attached hydrogens (tertiary/aromatic N) is 3. The van der Waals surface area contributed by atoms with Crippen LogP contribution < -0.4 is 0 Å². The minimum atomic E-state index is -0.251. The molecule has 1 saturated carbocycles. The zero-order valence-electron chi connectivity index (χ0n) is 11.2. The lowest BCUT2D eigenvalue weighted by Crippen LogP contribution is -2.46. The third-order valence-corrected chi connectivity index (χ3v) is 4.79. The van der Waals surface area contributed by atoms with Crippen LogP contribution in [0, 0.1) is 21.1 Å². The highest BCUT2D eigenvalue weighted by Crippen LogP contribution is 2.42. The molecule has 2 atom stereocenters. The highest BCUT2D eigenvalue weighted by Gasteiger charge is 2.42. The summed E-state index contributed by atoms with van der Waals surface area (Å²) in [6.45, 7) is 5.15. The van der Waals surface area contributed by atoms with Crippen LogP contribution in [-0.2, 0) is 0 Å². The molecule has 2 fully saturated rings. The zero-order valence-corrected chi connectivity index (χ0v) is 11.2. The van der Waals surface area contributed by atoms with Crippen molar-refractivity contribution in [1.29, 1.82) is 0 Å². The minimum absolute atomic E-state index is 0.246. The molecule has 1 saturated heterocycles. The van der Waals surface area contributed by atoms with Gasteiger partial charge >= 0.3 is 0 Å². The quantitative estimate of drug-likeness (QED) is 0.708. The number of hydrogen-bond acceptors (Lipinski definition) is 5. The average molecular weight is 253 g/mol. The van der Waals surface area contributed by atoms with Gasteiger partial charge in [0.25, 0.3) is 0 Å². The number of nitroso groups, excluding NO2 is 2. The van der Waals surface area contributed by atoms with Crippen molar-refractivity contribution >= 4 is 0 Å². The van der Waals surface area contributed by atoms with Crippen LogP contribution in [0.15, 0.2) is 10.4 Å². The Morgan fingerprint density at radius 2 is 1.78 bits per heavy atom. The molecule has 2 aliphatic rings. The molecule has 5 nitrogen and oxygen atoms in total. The second-order valence-corrected chi connectivity index (χ2v) is 6.10. The molecule has 1 aliphatic carbocycles. The Morgan fingerprint density at radius 1 is 1.17 bits per heavy atom. The molecule has 102 valence electrons. The van der Waals surface area contributed by atoms with Gasteiger partial charge in [-0.25, -0.2) is 0 Å². The summed E-state index contributed by atoms with van der Waals surface area (Å²) in [6.07, 6.45) is 5.51. The van der Waals surface area contributed by atoms with Crippen molar-refractivity contribution in [3.63, 3.8) is 0 Å². The molecule has 18 heavy (non-hydrogen) atoms. The van der Waals surface area contributed by atoms with Gasteiger partial charge in [0.1, 0.15) is 0 Å². The highest BCUT2D eigenvalue weighted by molar-refractivity contribution is 4.95. The lowest BCUT2D eigenvalue weighted by molar-refractivity contribution is 0.0648. The van der Waals surface area contributed by atoms with E-state index in [0.29, 0.717) is 12.0 Å². The van der Waals surface area contributed by atoms with Crippen molar-refractivity contribution in [3.8, 4) is 0 Å². The fraction of sp³-hybridized carbons (Fsp3) is 1.00. The normalized spacial score (nSPS) is 32.3. The van der Waals surface area contributed by atoms with Crippen LogP contribution >= 0.6 is 0 Å². The van der Waals surface area contributed by atoms with E-state index in [4.69, 9.17) is 0 Å². The van der Waals surface area contributed by atoms with E-state index in [1.807, 2.05) is 0 Å². The van der Waals surface area contributed by atoms with Gasteiger partial charge in [-0.2, -0.15) is 9.81 Å². The molecule has 0 radical (unpaired) electrons. The van der Waals surface area contributed by atoms with Gasteiger partial charge in [0, 0.05) is 11.5 Å². The standard InChI is InChI=1S/C13H23N3O2/c1-11-8-13(9-14-17,10-15-18)5-4-12(11)16-6-2-3-7-16/h11-12H,2-10H2,1H3/t11-,12-/m1/s1. The summed E-state index contributed by atoms with van der Waals surface area (Å²) < 4.78 is 0. The molecule has 0 unspecified atom stereocenters. The maximum Gasteiger partial charge on any atom is 0.0886 e. The van der Waals surface area contributed by atoms with Crippen LogP contribution in [-0.4, -0.2) is 37.1 Å². The Kier molecular flexibility index (Phi) is 4.43. The van der Waals surface area contributed by atoms with Crippen LogP contribution in [0.25, 0.3) is 0 Å². The third kappa shape index (κ3) is 2.76. The summed E-state index contributed by atoms with van der Waals surface area (Å²) in [4.78, 5) is 23.8. The first kappa shape index (κ1) is 13.6. The van der Waals surface area contributed by atoms with E-state index in [-0.39, 0.29) is 18.5 Å². The topological polar surface area (TPSA) is 62.1 Å². The van der Waals surface area contributed by atoms with Crippen molar-refractivity contribution in [1.82, 2.24) is 4.90 Å². The first-order chi connectivity index (χ1) is 8.71. The molecule has 5 heteroatoms. The Labute approximate surface area is 108 Å². The lowest BCUT2D eigenvalue weighted by atomic mass is 9.67. The van der Waals surface area contributed by atoms with Gasteiger partial charge in [-0.05, 0) is 51.1 Å². The molecule has 0 N–H and O–H groups in total. The van der Waals surface area contributed by atoms with Gasteiger partial charge in [-0.3, -0.25) is 0 Å². The Hall–Kier alpha value is -0.840. The molecule has 0 bridgehead atoms. The van der Waals surface area contributed by atoms with E-state index in [0.717, 1.165) is 19.3 Å². The van der Waals surface area contributed by atoms with Crippen molar-refractivity contribution in [2.75, 3.05) is 26.2 Å². The Balaban J connectivity index is 2.00. The van der Waals surface area contributed by atoms with Crippen molar-refractivity contribution in [2.45, 2.75) is 45.1 Å². The predicted molar refractivity (Wildman–Crippen MR) is 71.4 cm³/mol. The van der Waals surface area contributed by atoms with Crippen LogP contribution in [0.2, 0.25) is 0 Å². The first-order valence-electron chi connectivity index (χ1n) is 7.03. The Morgan fingerprint density at radius 3 is 2.28 bits per heavy atom. The van der Waals surface area contributed by atoms with E-state index in [1.54, 1.807) is 0 Å². The molecular formula is C13H23N3O2. The minimum Gasteiger partial charge on any atom is -0.300 e. The zero-order chi connectivity index (χ0) is 13.0. The molecule has 0 aromatic carbocycles. The van der Waals surface area contributed by atoms with Gasteiger partial charge < -0.3 is 4.90 Å². The first-order valence-corrected chi connectivity index (χ1v) is 7.03. The molecule has 0 aromatic rings. The van der Waals surface area contributed by atoms with Crippen LogP contribution in [0.4, 0.5) is 0 Å². The maximum absolute atomic E-state index is 10.6. The van der Waals surface area contributed by atoms with Crippen LogP contribution in [0.1, 0.15) is 39.0 Å². The average Bonchev–Trinajstić information content (AvgIpc) is 2.83. The summed E-state index contributed by atoms with van der Waals surface area (Å²) in [5.74, 6) is 0.528. The summed E-state index contributed by atoms with van der Waals surface area (Å²) >= 11 is 0. The number of hydrogen-bond donors (Lipinski definition) is 0. The summed E-state index contributed by atoms with van der Waals surface area (Å²) in [5.41, 5.74) is -0.251. The molecule has 0 aromatic heterocycles. The maximum atomic E-state index is 10.6. The lowest BCUT2D eigenvalue weighted by Gasteiger charge is -2.44. The summed E-state index contributed by atoms with van der Waals surface area (Å²) in [6, 6.07) is 0.624. The number of likely N-dealkylation sites (tertiary alicyclic amines) is 1. The molecule has 0 amide bonds. The second-order valence-electron chi connectivity index (χ2n) is 6.10. The fourth-order valence-corrected chi connectivity index (χ4v) is 3.89. The van der Waals surface area contributed by atoms with Crippen molar-refractivity contribution in [2.24, 2.45) is 21.7 Å². The largest absolute Gasteiger partial charge is 0.300 e. The fourth-order valence-electron chi connectivity index (χ4n) is 3.89. The van der Waals surface area contributed by atoms with Gasteiger partial charge in [-0.15, -0.1) is 0 Å². The molecule has 2 rings (SSSR count). The van der Waals surface area contributed by atoms with E-state index >= 15 is 0 Å². The summed E-state index contributed by atoms with van der Waals surface area (Å²) in [5, 5.41) is 6.09. The second kappa shape index (κ2) is 5.87. The van der Waals surface area contributed by atoms with Gasteiger partial charge in [-0.1, -0.05) is 17.3 Å². The summed E-state index contributed by atoms with van der Waals surface area (Å²) in [7, 11) is 0. The molecular weight excluding hydrogens is 230 g/mol. The predicted octanol–water partition coefficient (Wildman–Crippen LogP) is 2.79. The molecule has 1 heterocycles. The van der Waals surface area contributed by atoms with E-state index in [1.165, 1.54) is 25.9 Å². The smallest absolute Gasteiger partial charge is 0.0886 e. The van der Waals surface area contributed by atoms with Crippen LogP contribution in [0.5, 0.6) is 0 Å². The highest BCUT2D eigenvalue weighted by atomic mass is 16.3. The van der Waals surface area contributed by atoms with E-state index in [9.17, 15) is 9.81 Å². The number of rotatable bonds is 5. The SMILES string of the molecule is C[C@@H]1CC(CN=O)(CN=O)CC[C@H]1N1CCCC1. The monoisotopic (exact) mass is 253 g/mol. The van der Waals surface area contributed by atoms with Gasteiger partial charge in [0.05, 0.1) is 13.1 Å². The van der Waals surface area contributed by atoms with Gasteiger partial charge in [0.2, 0.25) is 0 Å². The van der Waals surface area contributed by atoms with E-state index < -0.39 is 0 Å². The van der Waals surface area contributed by atoms with Crippen molar-refractivity contribution < 1.29 is 0 Å². The van der Waals surface area contributed by atoms with E-state index in [2.05, 4.69) is 22.2 Å². The van der Waals surface area contributed by atoms with Crippen molar-refractivity contribution in [3.05, 3.63) is 9.81 Å². The molecule has 0 spiro atoms. The van der Waals surface area contributed by atoms with Gasteiger partial charge in [0.15, 0.2) is 0 Å². The van der Waals surface area contributed by atoms with Crippen LogP contribution in [0.3, 0.4) is 0 Å². The Bertz CT molecular complexity index is 293. The third-order valence-electron chi connectivity index (χ3n) is 4.79.